The molecule has 1 rings (SSSR count). The molecular weight excluding hydrogens is 258 g/mol. The Morgan fingerprint density at radius 1 is 1.53 bits per heavy atom. The predicted octanol–water partition coefficient (Wildman–Crippen LogP) is 1.67. The molecule has 15 heavy (non-hydrogen) atoms. The normalized spacial score (nSPS) is 14.7. The van der Waals surface area contributed by atoms with E-state index in [-0.39, 0.29) is 6.61 Å². The van der Waals surface area contributed by atoms with Crippen LogP contribution in [0.2, 0.25) is 0 Å². The Bertz CT molecular complexity index is 337. The van der Waals surface area contributed by atoms with Gasteiger partial charge in [-0.2, -0.15) is 0 Å². The molecule has 0 saturated heterocycles. The minimum absolute atomic E-state index is 0.00148. The molecule has 0 aromatic heterocycles. The van der Waals surface area contributed by atoms with Gasteiger partial charge in [0.2, 0.25) is 0 Å². The summed E-state index contributed by atoms with van der Waals surface area (Å²) in [5, 5.41) is 9.38. The van der Waals surface area contributed by atoms with Gasteiger partial charge in [0.1, 0.15) is 5.75 Å². The number of methoxy groups -OCH3 is 1. The Kier molecular flexibility index (Phi) is 4.13. The Morgan fingerprint density at radius 3 is 2.67 bits per heavy atom. The summed E-state index contributed by atoms with van der Waals surface area (Å²) in [6.07, 6.45) is 0. The van der Waals surface area contributed by atoms with Crippen LogP contribution in [-0.2, 0) is 5.41 Å². The van der Waals surface area contributed by atoms with Crippen molar-refractivity contribution in [3.63, 3.8) is 0 Å². The van der Waals surface area contributed by atoms with Gasteiger partial charge in [0.05, 0.1) is 13.7 Å². The summed E-state index contributed by atoms with van der Waals surface area (Å²) >= 11 is 3.37. The fourth-order valence-electron chi connectivity index (χ4n) is 1.42. The molecule has 1 aromatic carbocycles. The highest BCUT2D eigenvalue weighted by molar-refractivity contribution is 9.10. The summed E-state index contributed by atoms with van der Waals surface area (Å²) in [6, 6.07) is 5.71. The lowest BCUT2D eigenvalue weighted by atomic mass is 9.83. The summed E-state index contributed by atoms with van der Waals surface area (Å²) < 4.78 is 6.22. The van der Waals surface area contributed by atoms with E-state index in [9.17, 15) is 5.11 Å². The first-order chi connectivity index (χ1) is 7.07. The zero-order valence-electron chi connectivity index (χ0n) is 8.96. The number of aliphatic hydroxyl groups is 1. The molecule has 0 fully saturated rings. The second-order valence-corrected chi connectivity index (χ2v) is 4.68. The summed E-state index contributed by atoms with van der Waals surface area (Å²) in [5.41, 5.74) is 6.16. The molecular formula is C11H16BrNO2. The van der Waals surface area contributed by atoms with Crippen molar-refractivity contribution in [2.75, 3.05) is 20.3 Å². The SMILES string of the molecule is COc1cc(Br)ccc1C(C)(CN)CO. The van der Waals surface area contributed by atoms with E-state index in [0.29, 0.717) is 6.54 Å². The van der Waals surface area contributed by atoms with Gasteiger partial charge in [-0.25, -0.2) is 0 Å². The highest BCUT2D eigenvalue weighted by Gasteiger charge is 2.27. The van der Waals surface area contributed by atoms with Gasteiger partial charge in [-0.15, -0.1) is 0 Å². The van der Waals surface area contributed by atoms with Gasteiger partial charge < -0.3 is 15.6 Å². The van der Waals surface area contributed by atoms with Crippen LogP contribution in [0, 0.1) is 0 Å². The maximum Gasteiger partial charge on any atom is 0.123 e. The number of benzene rings is 1. The lowest BCUT2D eigenvalue weighted by Crippen LogP contribution is -2.35. The molecule has 0 amide bonds. The molecule has 0 radical (unpaired) electrons. The van der Waals surface area contributed by atoms with Crippen molar-refractivity contribution in [3.05, 3.63) is 28.2 Å². The molecule has 0 aliphatic carbocycles. The number of hydrogen-bond donors (Lipinski definition) is 2. The molecule has 0 aliphatic heterocycles. The fourth-order valence-corrected chi connectivity index (χ4v) is 1.76. The molecule has 0 bridgehead atoms. The number of aliphatic hydroxyl groups excluding tert-OH is 1. The van der Waals surface area contributed by atoms with Crippen LogP contribution in [0.4, 0.5) is 0 Å². The van der Waals surface area contributed by atoms with Gasteiger partial charge in [0.15, 0.2) is 0 Å². The van der Waals surface area contributed by atoms with Crippen LogP contribution >= 0.6 is 15.9 Å². The number of nitrogens with two attached hydrogens (primary N) is 1. The molecule has 1 atom stereocenters. The first-order valence-electron chi connectivity index (χ1n) is 4.72. The smallest absolute Gasteiger partial charge is 0.123 e. The number of hydrogen-bond acceptors (Lipinski definition) is 3. The second kappa shape index (κ2) is 4.96. The average molecular weight is 274 g/mol. The highest BCUT2D eigenvalue weighted by Crippen LogP contribution is 2.33. The molecule has 3 nitrogen and oxygen atoms in total. The first kappa shape index (κ1) is 12.5. The molecule has 0 aliphatic rings. The lowest BCUT2D eigenvalue weighted by molar-refractivity contribution is 0.206. The van der Waals surface area contributed by atoms with E-state index < -0.39 is 5.41 Å². The average Bonchev–Trinajstić information content (AvgIpc) is 2.27. The van der Waals surface area contributed by atoms with E-state index in [0.717, 1.165) is 15.8 Å². The zero-order chi connectivity index (χ0) is 11.5. The summed E-state index contributed by atoms with van der Waals surface area (Å²) in [5.74, 6) is 0.742. The van der Waals surface area contributed by atoms with Crippen molar-refractivity contribution in [2.24, 2.45) is 5.73 Å². The summed E-state index contributed by atoms with van der Waals surface area (Å²) in [7, 11) is 1.61. The van der Waals surface area contributed by atoms with Crippen molar-refractivity contribution < 1.29 is 9.84 Å². The van der Waals surface area contributed by atoms with Gasteiger partial charge in [0.25, 0.3) is 0 Å². The largest absolute Gasteiger partial charge is 0.496 e. The van der Waals surface area contributed by atoms with Gasteiger partial charge in [-0.05, 0) is 12.1 Å². The van der Waals surface area contributed by atoms with Crippen LogP contribution in [0.3, 0.4) is 0 Å². The van der Waals surface area contributed by atoms with E-state index in [1.54, 1.807) is 7.11 Å². The van der Waals surface area contributed by atoms with Gasteiger partial charge >= 0.3 is 0 Å². The minimum Gasteiger partial charge on any atom is -0.496 e. The van der Waals surface area contributed by atoms with Crippen LogP contribution < -0.4 is 10.5 Å². The molecule has 0 saturated carbocycles. The van der Waals surface area contributed by atoms with Gasteiger partial charge in [0, 0.05) is 22.0 Å². The molecule has 84 valence electrons. The van der Waals surface area contributed by atoms with Crippen LogP contribution in [0.25, 0.3) is 0 Å². The standard InChI is InChI=1S/C11H16BrNO2/c1-11(6-13,7-14)9-4-3-8(12)5-10(9)15-2/h3-5,14H,6-7,13H2,1-2H3. The van der Waals surface area contributed by atoms with Crippen molar-refractivity contribution in [1.82, 2.24) is 0 Å². The molecule has 3 N–H and O–H groups in total. The van der Waals surface area contributed by atoms with Crippen molar-refractivity contribution in [3.8, 4) is 5.75 Å². The highest BCUT2D eigenvalue weighted by atomic mass is 79.9. The molecule has 4 heteroatoms. The van der Waals surface area contributed by atoms with Crippen LogP contribution in [0.5, 0.6) is 5.75 Å². The molecule has 0 spiro atoms. The maximum atomic E-state index is 9.38. The van der Waals surface area contributed by atoms with E-state index in [1.807, 2.05) is 25.1 Å². The topological polar surface area (TPSA) is 55.5 Å². The zero-order valence-corrected chi connectivity index (χ0v) is 10.5. The van der Waals surface area contributed by atoms with E-state index in [4.69, 9.17) is 10.5 Å². The number of halogens is 1. The van der Waals surface area contributed by atoms with E-state index in [1.165, 1.54) is 0 Å². The Hall–Kier alpha value is -0.580. The Balaban J connectivity index is 3.23. The Morgan fingerprint density at radius 2 is 2.20 bits per heavy atom. The quantitative estimate of drug-likeness (QED) is 0.878. The van der Waals surface area contributed by atoms with Crippen molar-refractivity contribution in [1.29, 1.82) is 0 Å². The van der Waals surface area contributed by atoms with E-state index in [2.05, 4.69) is 15.9 Å². The molecule has 0 heterocycles. The second-order valence-electron chi connectivity index (χ2n) is 3.77. The van der Waals surface area contributed by atoms with Crippen LogP contribution in [0.1, 0.15) is 12.5 Å². The van der Waals surface area contributed by atoms with Crippen molar-refractivity contribution >= 4 is 15.9 Å². The maximum absolute atomic E-state index is 9.38. The number of rotatable bonds is 4. The third-order valence-electron chi connectivity index (χ3n) is 2.61. The van der Waals surface area contributed by atoms with Gasteiger partial charge in [-0.1, -0.05) is 28.9 Å². The molecule has 1 aromatic rings. The van der Waals surface area contributed by atoms with Gasteiger partial charge in [-0.3, -0.25) is 0 Å². The van der Waals surface area contributed by atoms with Crippen molar-refractivity contribution in [2.45, 2.75) is 12.3 Å². The molecule has 1 unspecified atom stereocenters. The van der Waals surface area contributed by atoms with E-state index >= 15 is 0 Å². The fraction of sp³-hybridized carbons (Fsp3) is 0.455. The summed E-state index contributed by atoms with van der Waals surface area (Å²) in [4.78, 5) is 0. The van der Waals surface area contributed by atoms with Crippen LogP contribution in [0.15, 0.2) is 22.7 Å². The third kappa shape index (κ3) is 2.51. The van der Waals surface area contributed by atoms with Crippen LogP contribution in [-0.4, -0.2) is 25.4 Å². The lowest BCUT2D eigenvalue weighted by Gasteiger charge is -2.27. The minimum atomic E-state index is -0.452. The summed E-state index contributed by atoms with van der Waals surface area (Å²) in [6.45, 7) is 2.29. The predicted molar refractivity (Wildman–Crippen MR) is 64.2 cm³/mol. The third-order valence-corrected chi connectivity index (χ3v) is 3.11. The Labute approximate surface area is 98.4 Å². The monoisotopic (exact) mass is 273 g/mol. The number of ether oxygens (including phenoxy) is 1. The first-order valence-corrected chi connectivity index (χ1v) is 5.51.